The van der Waals surface area contributed by atoms with Crippen LogP contribution in [0.5, 0.6) is 5.75 Å². The van der Waals surface area contributed by atoms with Crippen LogP contribution in [0.4, 0.5) is 24.5 Å². The Morgan fingerprint density at radius 3 is 2.32 bits per heavy atom. The third-order valence-corrected chi connectivity index (χ3v) is 5.41. The Morgan fingerprint density at radius 1 is 1.18 bits per heavy atom. The molecule has 0 N–H and O–H groups in total. The summed E-state index contributed by atoms with van der Waals surface area (Å²) < 4.78 is 66.4. The van der Waals surface area contributed by atoms with Crippen molar-refractivity contribution in [2.75, 3.05) is 25.1 Å². The first-order valence-corrected chi connectivity index (χ1v) is 9.49. The lowest BCUT2D eigenvalue weighted by atomic mass is 10.2. The van der Waals surface area contributed by atoms with E-state index in [4.69, 9.17) is 16.3 Å². The summed E-state index contributed by atoms with van der Waals surface area (Å²) >= 11 is 5.76. The summed E-state index contributed by atoms with van der Waals surface area (Å²) in [6, 6.07) is 8.52. The first-order valence-electron chi connectivity index (χ1n) is 7.63. The molecule has 0 saturated carbocycles. The summed E-state index contributed by atoms with van der Waals surface area (Å²) in [7, 11) is -4.23. The van der Waals surface area contributed by atoms with Crippen LogP contribution in [0.25, 0.3) is 0 Å². The summed E-state index contributed by atoms with van der Waals surface area (Å²) in [4.78, 5) is 10.5. The predicted molar refractivity (Wildman–Crippen MR) is 96.6 cm³/mol. The number of hydrogen-bond donors (Lipinski definition) is 0. The van der Waals surface area contributed by atoms with Gasteiger partial charge in [0, 0.05) is 18.1 Å². The van der Waals surface area contributed by atoms with Crippen LogP contribution < -0.4 is 9.64 Å². The average molecular weight is 439 g/mol. The molecule has 2 aromatic rings. The fourth-order valence-corrected chi connectivity index (χ4v) is 3.13. The highest BCUT2D eigenvalue weighted by atomic mass is 35.5. The molecule has 0 saturated heterocycles. The van der Waals surface area contributed by atoms with Crippen molar-refractivity contribution >= 4 is 32.8 Å². The number of halogens is 4. The number of nitro benzene ring substituents is 1. The quantitative estimate of drug-likeness (QED) is 0.478. The van der Waals surface area contributed by atoms with Gasteiger partial charge in [-0.25, -0.2) is 8.42 Å². The third-order valence-electron chi connectivity index (χ3n) is 3.68. The first kappa shape index (κ1) is 21.8. The Bertz CT molecular complexity index is 965. The molecule has 2 aromatic carbocycles. The van der Waals surface area contributed by atoms with E-state index in [1.165, 1.54) is 11.9 Å². The van der Waals surface area contributed by atoms with Gasteiger partial charge in [-0.05, 0) is 36.4 Å². The normalized spacial score (nSPS) is 11.9. The largest absolute Gasteiger partial charge is 0.501 e. The van der Waals surface area contributed by atoms with Crippen LogP contribution in [0.15, 0.2) is 47.4 Å². The van der Waals surface area contributed by atoms with Crippen LogP contribution in [0.2, 0.25) is 5.02 Å². The fraction of sp³-hybridized carbons (Fsp3) is 0.250. The average Bonchev–Trinajstić information content (AvgIpc) is 2.61. The number of hydrogen-bond acceptors (Lipinski definition) is 6. The highest BCUT2D eigenvalue weighted by Crippen LogP contribution is 2.35. The van der Waals surface area contributed by atoms with Crippen molar-refractivity contribution in [1.82, 2.24) is 0 Å². The summed E-state index contributed by atoms with van der Waals surface area (Å²) in [5.74, 6) is 0.513. The Hall–Kier alpha value is -2.53. The van der Waals surface area contributed by atoms with E-state index < -0.39 is 30.9 Å². The number of alkyl halides is 3. The van der Waals surface area contributed by atoms with Crippen LogP contribution in [-0.4, -0.2) is 39.0 Å². The lowest BCUT2D eigenvalue weighted by Gasteiger charge is -2.20. The molecule has 152 valence electrons. The van der Waals surface area contributed by atoms with E-state index in [0.29, 0.717) is 22.9 Å². The van der Waals surface area contributed by atoms with Crippen molar-refractivity contribution in [3.63, 3.8) is 0 Å². The number of ether oxygens (including phenoxy) is 1. The lowest BCUT2D eigenvalue weighted by molar-refractivity contribution is -0.384. The number of benzene rings is 2. The molecule has 0 spiro atoms. The molecule has 12 heteroatoms. The van der Waals surface area contributed by atoms with Crippen molar-refractivity contribution in [3.05, 3.63) is 57.6 Å². The van der Waals surface area contributed by atoms with Gasteiger partial charge in [-0.2, -0.15) is 13.2 Å². The Balaban J connectivity index is 2.20. The zero-order valence-corrected chi connectivity index (χ0v) is 15.9. The van der Waals surface area contributed by atoms with E-state index in [-0.39, 0.29) is 18.8 Å². The molecule has 0 aromatic heterocycles. The fourth-order valence-electron chi connectivity index (χ4n) is 2.22. The van der Waals surface area contributed by atoms with Crippen molar-refractivity contribution in [2.45, 2.75) is 10.4 Å². The maximum absolute atomic E-state index is 12.7. The Morgan fingerprint density at radius 2 is 1.79 bits per heavy atom. The van der Waals surface area contributed by atoms with Gasteiger partial charge in [-0.15, -0.1) is 0 Å². The number of anilines is 1. The minimum atomic E-state index is -5.69. The van der Waals surface area contributed by atoms with Crippen molar-refractivity contribution in [1.29, 1.82) is 0 Å². The van der Waals surface area contributed by atoms with E-state index >= 15 is 0 Å². The zero-order chi connectivity index (χ0) is 21.1. The molecule has 0 aliphatic rings. The molecule has 0 aliphatic carbocycles. The monoisotopic (exact) mass is 438 g/mol. The molecular formula is C16H14ClF3N2O5S. The van der Waals surface area contributed by atoms with E-state index in [1.54, 1.807) is 24.3 Å². The molecule has 0 atom stereocenters. The Labute approximate surface area is 163 Å². The second-order valence-electron chi connectivity index (χ2n) is 5.58. The molecule has 2 rings (SSSR count). The summed E-state index contributed by atoms with van der Waals surface area (Å²) in [5.41, 5.74) is -6.37. The molecule has 0 fully saturated rings. The van der Waals surface area contributed by atoms with E-state index in [1.807, 2.05) is 0 Å². The van der Waals surface area contributed by atoms with Crippen molar-refractivity contribution < 1.29 is 31.2 Å². The van der Waals surface area contributed by atoms with Gasteiger partial charge in [0.05, 0.1) is 16.4 Å². The van der Waals surface area contributed by atoms with E-state index in [0.717, 1.165) is 6.07 Å². The number of likely N-dealkylation sites (N-methyl/N-ethyl adjacent to an activating group) is 1. The molecular weight excluding hydrogens is 425 g/mol. The number of nitrogens with zero attached hydrogens (tertiary/aromatic N) is 2. The minimum Gasteiger partial charge on any atom is -0.492 e. The van der Waals surface area contributed by atoms with Gasteiger partial charge < -0.3 is 9.64 Å². The van der Waals surface area contributed by atoms with Gasteiger partial charge >= 0.3 is 5.51 Å². The van der Waals surface area contributed by atoms with Crippen molar-refractivity contribution in [2.24, 2.45) is 0 Å². The van der Waals surface area contributed by atoms with Gasteiger partial charge in [0.15, 0.2) is 0 Å². The van der Waals surface area contributed by atoms with Crippen LogP contribution in [0.3, 0.4) is 0 Å². The smallest absolute Gasteiger partial charge is 0.492 e. The topological polar surface area (TPSA) is 89.8 Å². The van der Waals surface area contributed by atoms with Gasteiger partial charge in [-0.3, -0.25) is 10.1 Å². The highest BCUT2D eigenvalue weighted by molar-refractivity contribution is 7.92. The predicted octanol–water partition coefficient (Wildman–Crippen LogP) is 4.06. The summed E-state index contributed by atoms with van der Waals surface area (Å²) in [5, 5.41) is 11.8. The highest BCUT2D eigenvalue weighted by Gasteiger charge is 2.47. The molecule has 0 aliphatic heterocycles. The molecule has 28 heavy (non-hydrogen) atoms. The van der Waals surface area contributed by atoms with Crippen LogP contribution >= 0.6 is 11.6 Å². The van der Waals surface area contributed by atoms with Gasteiger partial charge in [0.1, 0.15) is 18.0 Å². The molecule has 7 nitrogen and oxygen atoms in total. The standard InChI is InChI=1S/C16H14ClF3N2O5S/c1-21(8-9-27-12-4-2-11(17)3-5-12)14-7-6-13(10-15(14)22(23)24)28(25,26)16(18,19)20/h2-7,10H,8-9H2,1H3. The van der Waals surface area contributed by atoms with Crippen LogP contribution in [-0.2, 0) is 9.84 Å². The third kappa shape index (κ3) is 4.84. The number of sulfone groups is 1. The van der Waals surface area contributed by atoms with Gasteiger partial charge in [0.25, 0.3) is 15.5 Å². The number of nitro groups is 1. The van der Waals surface area contributed by atoms with E-state index in [9.17, 15) is 31.7 Å². The lowest BCUT2D eigenvalue weighted by Crippen LogP contribution is -2.26. The molecule has 0 bridgehead atoms. The summed E-state index contributed by atoms with van der Waals surface area (Å²) in [6.45, 7) is 0.257. The maximum Gasteiger partial charge on any atom is 0.501 e. The Kier molecular flexibility index (Phi) is 6.40. The van der Waals surface area contributed by atoms with Gasteiger partial charge in [-0.1, -0.05) is 11.6 Å². The van der Waals surface area contributed by atoms with Crippen molar-refractivity contribution in [3.8, 4) is 5.75 Å². The van der Waals surface area contributed by atoms with Gasteiger partial charge in [0.2, 0.25) is 0 Å². The minimum absolute atomic E-state index is 0.0502. The number of rotatable bonds is 7. The molecule has 0 unspecified atom stereocenters. The second kappa shape index (κ2) is 8.23. The SMILES string of the molecule is CN(CCOc1ccc(Cl)cc1)c1ccc(S(=O)(=O)C(F)(F)F)cc1[N+](=O)[O-]. The first-order chi connectivity index (χ1) is 12.9. The molecule has 0 heterocycles. The van der Waals surface area contributed by atoms with E-state index in [2.05, 4.69) is 0 Å². The second-order valence-corrected chi connectivity index (χ2v) is 7.96. The van der Waals surface area contributed by atoms with Crippen LogP contribution in [0, 0.1) is 10.1 Å². The molecule has 0 radical (unpaired) electrons. The molecule has 0 amide bonds. The zero-order valence-electron chi connectivity index (χ0n) is 14.3. The maximum atomic E-state index is 12.7. The summed E-state index contributed by atoms with van der Waals surface area (Å²) in [6.07, 6.45) is 0. The van der Waals surface area contributed by atoms with Crippen LogP contribution in [0.1, 0.15) is 0 Å².